The van der Waals surface area contributed by atoms with Crippen molar-refractivity contribution in [3.63, 3.8) is 0 Å². The summed E-state index contributed by atoms with van der Waals surface area (Å²) in [6.07, 6.45) is 15.6. The van der Waals surface area contributed by atoms with E-state index in [1.165, 1.54) is 38.6 Å². The number of aliphatic imine (C=N–C) groups is 1. The number of aryl methyl sites for hydroxylation is 2. The Balaban J connectivity index is 0.00000778. The number of hydrogen-bond acceptors (Lipinski definition) is 11. The molecule has 19 rings (SSSR count). The van der Waals surface area contributed by atoms with Gasteiger partial charge in [0.25, 0.3) is 0 Å². The number of ether oxygens (including phenoxy) is 2. The summed E-state index contributed by atoms with van der Waals surface area (Å²) in [5.74, 6) is 4.29. The van der Waals surface area contributed by atoms with Gasteiger partial charge in [-0.05, 0) is 259 Å². The Bertz CT molecular complexity index is 4640. The summed E-state index contributed by atoms with van der Waals surface area (Å²) < 4.78 is 58.8. The van der Waals surface area contributed by atoms with Gasteiger partial charge in [0.2, 0.25) is 5.72 Å². The summed E-state index contributed by atoms with van der Waals surface area (Å²) in [6, 6.07) is 46.0. The van der Waals surface area contributed by atoms with Crippen LogP contribution in [0.4, 0.5) is 0 Å². The predicted octanol–water partition coefficient (Wildman–Crippen LogP) is 10.4. The molecule has 13 nitrogen and oxygen atoms in total. The Labute approximate surface area is 610 Å². The van der Waals surface area contributed by atoms with Crippen molar-refractivity contribution in [2.75, 3.05) is 13.7 Å². The van der Waals surface area contributed by atoms with Crippen molar-refractivity contribution >= 4 is 26.9 Å². The Morgan fingerprint density at radius 2 is 1.63 bits per heavy atom. The maximum absolute atomic E-state index is 14.6. The number of benzene rings is 7. The summed E-state index contributed by atoms with van der Waals surface area (Å²) in [6.45, 7) is 2.82. The fraction of sp³-hybridized carbons (Fsp3) is 0.447. The Hall–Kier alpha value is -6.58. The molecule has 3 fully saturated rings. The van der Waals surface area contributed by atoms with E-state index in [2.05, 4.69) is 145 Å². The molecule has 1 saturated heterocycles. The van der Waals surface area contributed by atoms with Crippen LogP contribution >= 0.6 is 0 Å². The van der Waals surface area contributed by atoms with Crippen LogP contribution in [0.1, 0.15) is 198 Å². The second-order valence-corrected chi connectivity index (χ2v) is 33.1. The first-order valence-corrected chi connectivity index (χ1v) is 38.1. The van der Waals surface area contributed by atoms with Crippen molar-refractivity contribution in [2.45, 2.75) is 180 Å². The van der Waals surface area contributed by atoms with E-state index in [9.17, 15) is 33.4 Å². The zero-order chi connectivity index (χ0) is 67.9. The monoisotopic (exact) mass is 1370 g/mol. The van der Waals surface area contributed by atoms with Crippen LogP contribution < -0.4 is 51.1 Å². The van der Waals surface area contributed by atoms with Crippen LogP contribution in [0.15, 0.2) is 162 Å². The van der Waals surface area contributed by atoms with Crippen molar-refractivity contribution in [3.05, 3.63) is 235 Å². The van der Waals surface area contributed by atoms with E-state index in [-0.39, 0.29) is 108 Å². The largest absolute Gasteiger partial charge is 1.00 e. The van der Waals surface area contributed by atoms with Gasteiger partial charge in [-0.15, -0.1) is 0 Å². The minimum atomic E-state index is -4.99. The quantitative estimate of drug-likeness (QED) is 0.0179. The maximum Gasteiger partial charge on any atom is 1.00 e. The second-order valence-electron chi connectivity index (χ2n) is 31.5. The number of fused-ring (bicyclic) bond motifs is 13. The number of aliphatic hydroxyl groups is 3. The molecule has 7 aliphatic carbocycles. The van der Waals surface area contributed by atoms with E-state index >= 15 is 0 Å². The molecule has 5 heterocycles. The fourth-order valence-electron chi connectivity index (χ4n) is 21.8. The minimum Gasteiger partial charge on any atom is -0.748 e. The molecule has 512 valence electrons. The summed E-state index contributed by atoms with van der Waals surface area (Å²) in [5.41, 5.74) is 25.2. The summed E-state index contributed by atoms with van der Waals surface area (Å²) in [7, 11) is -2.97. The molecule has 18 atom stereocenters. The van der Waals surface area contributed by atoms with Gasteiger partial charge >= 0.3 is 29.6 Å². The van der Waals surface area contributed by atoms with Crippen LogP contribution in [0, 0.1) is 53.3 Å². The van der Waals surface area contributed by atoms with Crippen molar-refractivity contribution in [1.82, 2.24) is 5.32 Å². The number of phenols is 1. The molecule has 9 N–H and O–H groups in total. The van der Waals surface area contributed by atoms with Gasteiger partial charge in [-0.25, -0.2) is 13.4 Å². The van der Waals surface area contributed by atoms with Gasteiger partial charge in [0, 0.05) is 59.9 Å². The van der Waals surface area contributed by atoms with Gasteiger partial charge in [-0.2, -0.15) is 0 Å². The smallest absolute Gasteiger partial charge is 0.748 e. The Morgan fingerprint density at radius 3 is 2.43 bits per heavy atom. The minimum absolute atomic E-state index is 0. The normalized spacial score (nSPS) is 33.5. The summed E-state index contributed by atoms with van der Waals surface area (Å²) in [4.78, 5) is 5.43. The molecule has 0 spiro atoms. The number of nitrogens with two attached hydrogens (primary N) is 2. The van der Waals surface area contributed by atoms with Gasteiger partial charge in [0.15, 0.2) is 5.96 Å². The van der Waals surface area contributed by atoms with E-state index < -0.39 is 62.1 Å². The number of allylic oxidation sites excluding steroid dienone is 2. The average molecular weight is 1370 g/mol. The number of hydrogen-bond donors (Lipinski definition) is 7. The number of aliphatic hydroxyl groups excluding tert-OH is 1. The predicted molar refractivity (Wildman–Crippen MR) is 384 cm³/mol. The molecule has 7 aromatic carbocycles. The molecule has 100 heavy (non-hydrogen) atoms. The van der Waals surface area contributed by atoms with Crippen molar-refractivity contribution in [3.8, 4) is 23.3 Å². The summed E-state index contributed by atoms with van der Waals surface area (Å²) in [5, 5.41) is 54.4. The van der Waals surface area contributed by atoms with Gasteiger partial charge < -0.3 is 51.2 Å². The van der Waals surface area contributed by atoms with Crippen LogP contribution in [0.2, 0.25) is 0 Å². The first-order chi connectivity index (χ1) is 47.9. The van der Waals surface area contributed by atoms with Crippen LogP contribution in [-0.2, 0) is 58.4 Å². The number of guanidine groups is 1. The van der Waals surface area contributed by atoms with Crippen molar-refractivity contribution < 1.29 is 72.4 Å². The third-order valence-electron chi connectivity index (χ3n) is 26.2. The fourth-order valence-corrected chi connectivity index (χ4v) is 22.8. The zero-order valence-corrected chi connectivity index (χ0v) is 60.5. The van der Waals surface area contributed by atoms with Crippen LogP contribution in [0.3, 0.4) is 0 Å². The zero-order valence-electron chi connectivity index (χ0n) is 57.7. The third-order valence-corrected chi connectivity index (χ3v) is 27.5. The molecular weight excluding hydrogens is 1280 g/mol. The Kier molecular flexibility index (Phi) is 17.8. The molecule has 18 unspecified atom stereocenters. The SMILES string of the molecule is CNCc1cc2cccc3c2c2c1CCc1cc(C4CCC5CCC(C6(N=C(N)N)Oc7ccc8c(c7)CCC(C)C8CC(S(=O)(=O)[O-])C7C=C8CC(CC9CC(CO)CC#Cc%10cc(O)ccc%10C8O9)C7c7ccc6cc7)C(Cc6ccccc6)C5(O)C4)ccc1C1(O)C=CC3CC21.[Na+]. The first-order valence-electron chi connectivity index (χ1n) is 36.7. The number of nitrogens with one attached hydrogen (secondary N) is 1. The summed E-state index contributed by atoms with van der Waals surface area (Å²) >= 11 is 0. The number of nitrogens with zero attached hydrogens (tertiary/aromatic N) is 1. The standard InChI is InChI=1S/C85H92N4O9S.Na/c1-48-14-15-54-40-65-26-29-67(54)71(48)44-77(99(94,95)96)72-42-60-38-59(41-66-34-50(47-90)10-6-11-53-39-64(91)25-28-70(53)81(60)97-66)78(72)51-16-22-63(23-17-51)85(98-65,89-82(86)87)74-31-24-62-21-18-58(45-84(62,93)75(74)35-49-8-4-3-5-9-49)52-20-30-73-56(36-52)19-27-69-61(46-88-2)37-57-12-7-13-68-55-32-33-83(73,92)76(43-55)80(69)79(57)68;/h3-5,7-9,12-13,16-17,20,22-23,25-26,28-30,32-33,36-37,39-40,42,48,50,55,58-59,62,66,71-72,74-78,81,88,90-93H,10,14-15,18-19,21,24,27,31,34-35,38,41,43-47H2,1-2H3,(H4,86,87,89)(H,94,95,96);/q;+1/p-1. The van der Waals surface area contributed by atoms with E-state index in [1.54, 1.807) is 12.1 Å². The molecule has 12 bridgehead atoms. The van der Waals surface area contributed by atoms with Crippen molar-refractivity contribution in [2.24, 2.45) is 57.9 Å². The van der Waals surface area contributed by atoms with Gasteiger partial charge in [-0.1, -0.05) is 140 Å². The van der Waals surface area contributed by atoms with E-state index in [0.717, 1.165) is 89.6 Å². The molecular formula is C85H91N4NaO9S. The van der Waals surface area contributed by atoms with E-state index in [1.807, 2.05) is 25.2 Å². The van der Waals surface area contributed by atoms with Crippen LogP contribution in [0.5, 0.6) is 11.5 Å². The molecule has 7 aromatic rings. The number of aromatic hydroxyl groups is 1. The van der Waals surface area contributed by atoms with Crippen LogP contribution in [-0.4, -0.2) is 70.0 Å². The Morgan fingerprint density at radius 1 is 0.820 bits per heavy atom. The van der Waals surface area contributed by atoms with Crippen molar-refractivity contribution in [1.29, 1.82) is 0 Å². The van der Waals surface area contributed by atoms with E-state index in [0.29, 0.717) is 74.7 Å². The molecule has 0 radical (unpaired) electrons. The molecule has 5 aliphatic heterocycles. The molecule has 12 aliphatic rings. The van der Waals surface area contributed by atoms with Crippen LogP contribution in [0.25, 0.3) is 10.8 Å². The molecule has 15 heteroatoms. The molecule has 2 saturated carbocycles. The van der Waals surface area contributed by atoms with Gasteiger partial charge in [0.1, 0.15) is 23.2 Å². The maximum atomic E-state index is 14.6. The average Bonchev–Trinajstić information content (AvgIpc) is 0.745. The molecule has 0 amide bonds. The third kappa shape index (κ3) is 11.5. The van der Waals surface area contributed by atoms with Gasteiger partial charge in [-0.3, -0.25) is 0 Å². The second kappa shape index (κ2) is 26.3. The van der Waals surface area contributed by atoms with E-state index in [4.69, 9.17) is 25.9 Å². The topological polar surface area (TPSA) is 233 Å². The van der Waals surface area contributed by atoms with Gasteiger partial charge in [0.05, 0.1) is 27.1 Å². The first kappa shape index (κ1) is 67.9. The number of rotatable bonds is 9. The number of phenolic OH excluding ortho intramolecular Hbond substituents is 1. The molecule has 0 aromatic heterocycles.